The number of sulfonamides is 1. The average Bonchev–Trinajstić information content (AvgIpc) is 2.80. The zero-order valence-electron chi connectivity index (χ0n) is 18.1. The molecule has 1 heterocycles. The van der Waals surface area contributed by atoms with E-state index < -0.39 is 10.0 Å². The summed E-state index contributed by atoms with van der Waals surface area (Å²) in [6.07, 6.45) is 0. The molecule has 1 aliphatic rings. The van der Waals surface area contributed by atoms with Gasteiger partial charge in [-0.25, -0.2) is 8.42 Å². The fraction of sp³-hybridized carbons (Fsp3) is 0.381. The predicted molar refractivity (Wildman–Crippen MR) is 129 cm³/mol. The van der Waals surface area contributed by atoms with Gasteiger partial charge in [0.25, 0.3) is 10.0 Å². The molecular weight excluding hydrogens is 452 g/mol. The molecule has 0 bridgehead atoms. The molecule has 1 saturated heterocycles. The summed E-state index contributed by atoms with van der Waals surface area (Å²) < 4.78 is 45.3. The second-order valence-electron chi connectivity index (χ2n) is 6.96. The van der Waals surface area contributed by atoms with Gasteiger partial charge in [0.05, 0.1) is 38.3 Å². The van der Waals surface area contributed by atoms with Crippen molar-refractivity contribution >= 4 is 44.4 Å². The van der Waals surface area contributed by atoms with Crippen molar-refractivity contribution in [1.29, 1.82) is 0 Å². The van der Waals surface area contributed by atoms with E-state index in [4.69, 9.17) is 26.4 Å². The molecule has 0 radical (unpaired) electrons. The first kappa shape index (κ1) is 24.1. The van der Waals surface area contributed by atoms with Crippen molar-refractivity contribution in [2.75, 3.05) is 68.6 Å². The van der Waals surface area contributed by atoms with E-state index in [1.54, 1.807) is 49.6 Å². The minimum absolute atomic E-state index is 0.134. The van der Waals surface area contributed by atoms with Gasteiger partial charge in [-0.05, 0) is 42.5 Å². The van der Waals surface area contributed by atoms with Crippen LogP contribution in [0, 0.1) is 0 Å². The summed E-state index contributed by atoms with van der Waals surface area (Å²) in [4.78, 5) is 2.13. The number of methoxy groups -OCH3 is 2. The topological polar surface area (TPSA) is 101 Å². The Bertz CT molecular complexity index is 1030. The quantitative estimate of drug-likeness (QED) is 0.368. The smallest absolute Gasteiger partial charge is 0.264 e. The van der Waals surface area contributed by atoms with Gasteiger partial charge in [-0.3, -0.25) is 4.72 Å². The highest BCUT2D eigenvalue weighted by atomic mass is 32.2. The molecule has 2 aromatic carbocycles. The summed E-state index contributed by atoms with van der Waals surface area (Å²) in [6.45, 7) is 3.30. The van der Waals surface area contributed by atoms with Crippen molar-refractivity contribution in [3.63, 3.8) is 0 Å². The van der Waals surface area contributed by atoms with Crippen LogP contribution in [-0.4, -0.2) is 67.2 Å². The molecule has 0 aliphatic carbocycles. The third-order valence-electron chi connectivity index (χ3n) is 4.80. The summed E-state index contributed by atoms with van der Waals surface area (Å²) in [6, 6.07) is 12.0. The third-order valence-corrected chi connectivity index (χ3v) is 6.44. The molecule has 3 rings (SSSR count). The molecule has 174 valence electrons. The van der Waals surface area contributed by atoms with Crippen LogP contribution in [0.4, 0.5) is 17.1 Å². The highest BCUT2D eigenvalue weighted by Gasteiger charge is 2.25. The van der Waals surface area contributed by atoms with Crippen LogP contribution in [0.1, 0.15) is 0 Å². The number of ether oxygens (including phenoxy) is 3. The number of nitrogens with zero attached hydrogens (tertiary/aromatic N) is 1. The number of hydrogen-bond acceptors (Lipinski definition) is 7. The van der Waals surface area contributed by atoms with Gasteiger partial charge in [0.2, 0.25) is 0 Å². The van der Waals surface area contributed by atoms with Crippen molar-refractivity contribution in [2.24, 2.45) is 0 Å². The van der Waals surface area contributed by atoms with E-state index in [-0.39, 0.29) is 4.90 Å². The lowest BCUT2D eigenvalue weighted by Gasteiger charge is -2.30. The van der Waals surface area contributed by atoms with Crippen LogP contribution in [0.25, 0.3) is 0 Å². The maximum Gasteiger partial charge on any atom is 0.264 e. The Kier molecular flexibility index (Phi) is 8.51. The Morgan fingerprint density at radius 3 is 2.62 bits per heavy atom. The molecular formula is C21H28N4O5S2. The van der Waals surface area contributed by atoms with Gasteiger partial charge in [-0.1, -0.05) is 12.1 Å². The third kappa shape index (κ3) is 6.22. The summed E-state index contributed by atoms with van der Waals surface area (Å²) in [7, 11) is -0.841. The van der Waals surface area contributed by atoms with E-state index in [1.807, 2.05) is 4.90 Å². The summed E-state index contributed by atoms with van der Waals surface area (Å²) in [5.41, 5.74) is 1.51. The number of thiocarbonyl (C=S) groups is 1. The maximum atomic E-state index is 13.5. The molecule has 0 amide bonds. The van der Waals surface area contributed by atoms with E-state index >= 15 is 0 Å². The van der Waals surface area contributed by atoms with Crippen molar-refractivity contribution in [3.8, 4) is 5.75 Å². The van der Waals surface area contributed by atoms with Crippen molar-refractivity contribution in [2.45, 2.75) is 4.90 Å². The number of anilines is 3. The van der Waals surface area contributed by atoms with E-state index in [1.165, 1.54) is 7.11 Å². The molecule has 9 nitrogen and oxygen atoms in total. The van der Waals surface area contributed by atoms with Crippen LogP contribution in [0.5, 0.6) is 5.75 Å². The number of rotatable bonds is 9. The van der Waals surface area contributed by atoms with Crippen LogP contribution >= 0.6 is 12.2 Å². The minimum Gasteiger partial charge on any atom is -0.495 e. The molecule has 1 aliphatic heterocycles. The number of morpholine rings is 1. The predicted octanol–water partition coefficient (Wildman–Crippen LogP) is 2.27. The Morgan fingerprint density at radius 2 is 1.91 bits per heavy atom. The maximum absolute atomic E-state index is 13.5. The molecule has 0 unspecified atom stereocenters. The molecule has 2 aromatic rings. The van der Waals surface area contributed by atoms with Gasteiger partial charge in [0, 0.05) is 32.4 Å². The second kappa shape index (κ2) is 11.3. The van der Waals surface area contributed by atoms with Crippen LogP contribution in [-0.2, 0) is 19.5 Å². The lowest BCUT2D eigenvalue weighted by molar-refractivity contribution is 0.122. The SMILES string of the molecule is COCCNC(=S)Nc1ccc(N2CCOCC2)c(S(=O)(=O)Nc2ccccc2OC)c1. The van der Waals surface area contributed by atoms with E-state index in [2.05, 4.69) is 15.4 Å². The number of benzene rings is 2. The lowest BCUT2D eigenvalue weighted by Crippen LogP contribution is -2.37. The first-order valence-corrected chi connectivity index (χ1v) is 12.0. The number of para-hydroxylation sites is 2. The van der Waals surface area contributed by atoms with E-state index in [0.717, 1.165) is 0 Å². The molecule has 11 heteroatoms. The summed E-state index contributed by atoms with van der Waals surface area (Å²) in [5.74, 6) is 0.432. The molecule has 3 N–H and O–H groups in total. The molecule has 0 aromatic heterocycles. The zero-order valence-corrected chi connectivity index (χ0v) is 19.7. The van der Waals surface area contributed by atoms with Crippen molar-refractivity contribution < 1.29 is 22.6 Å². The molecule has 0 spiro atoms. The molecule has 32 heavy (non-hydrogen) atoms. The fourth-order valence-corrected chi connectivity index (χ4v) is 4.79. The van der Waals surface area contributed by atoms with Gasteiger partial charge in [0.1, 0.15) is 10.6 Å². The van der Waals surface area contributed by atoms with Crippen LogP contribution < -0.4 is 25.0 Å². The van der Waals surface area contributed by atoms with Gasteiger partial charge in [0.15, 0.2) is 5.11 Å². The number of nitrogens with one attached hydrogen (secondary N) is 3. The first-order chi connectivity index (χ1) is 15.4. The van der Waals surface area contributed by atoms with Crippen LogP contribution in [0.2, 0.25) is 0 Å². The Morgan fingerprint density at radius 1 is 1.16 bits per heavy atom. The van der Waals surface area contributed by atoms with Crippen LogP contribution in [0.3, 0.4) is 0 Å². The monoisotopic (exact) mass is 480 g/mol. The van der Waals surface area contributed by atoms with Gasteiger partial charge in [-0.15, -0.1) is 0 Å². The minimum atomic E-state index is -3.94. The van der Waals surface area contributed by atoms with E-state index in [0.29, 0.717) is 67.4 Å². The highest BCUT2D eigenvalue weighted by molar-refractivity contribution is 7.93. The lowest BCUT2D eigenvalue weighted by atomic mass is 10.2. The first-order valence-electron chi connectivity index (χ1n) is 10.1. The highest BCUT2D eigenvalue weighted by Crippen LogP contribution is 2.32. The summed E-state index contributed by atoms with van der Waals surface area (Å²) >= 11 is 5.30. The Balaban J connectivity index is 1.93. The molecule has 0 atom stereocenters. The van der Waals surface area contributed by atoms with E-state index in [9.17, 15) is 8.42 Å². The number of hydrogen-bond donors (Lipinski definition) is 3. The summed E-state index contributed by atoms with van der Waals surface area (Å²) in [5, 5.41) is 6.42. The van der Waals surface area contributed by atoms with Crippen molar-refractivity contribution in [1.82, 2.24) is 5.32 Å². The largest absolute Gasteiger partial charge is 0.495 e. The average molecular weight is 481 g/mol. The van der Waals surface area contributed by atoms with Crippen molar-refractivity contribution in [3.05, 3.63) is 42.5 Å². The van der Waals surface area contributed by atoms with Gasteiger partial charge in [-0.2, -0.15) is 0 Å². The van der Waals surface area contributed by atoms with Gasteiger partial charge < -0.3 is 29.7 Å². The Labute approximate surface area is 194 Å². The fourth-order valence-electron chi connectivity index (χ4n) is 3.24. The normalized spacial score (nSPS) is 14.0. The zero-order chi connectivity index (χ0) is 23.0. The Hall–Kier alpha value is -2.60. The second-order valence-corrected chi connectivity index (χ2v) is 9.02. The van der Waals surface area contributed by atoms with Gasteiger partial charge >= 0.3 is 0 Å². The molecule has 1 fully saturated rings. The molecule has 0 saturated carbocycles. The standard InChI is InChI=1S/C21H28N4O5S2/c1-28-12-9-22-21(31)23-16-7-8-18(25-10-13-30-14-11-25)20(15-16)32(26,27)24-17-5-3-4-6-19(17)29-2/h3-8,15,24H,9-14H2,1-2H3,(H2,22,23,31). The van der Waals surface area contributed by atoms with Crippen LogP contribution in [0.15, 0.2) is 47.4 Å².